The van der Waals surface area contributed by atoms with Gasteiger partial charge in [-0.3, -0.25) is 9.59 Å². The van der Waals surface area contributed by atoms with Gasteiger partial charge in [0.25, 0.3) is 0 Å². The quantitative estimate of drug-likeness (QED) is 0.189. The van der Waals surface area contributed by atoms with E-state index in [0.29, 0.717) is 25.4 Å². The van der Waals surface area contributed by atoms with E-state index in [1.807, 2.05) is 0 Å². The third-order valence-corrected chi connectivity index (χ3v) is 5.62. The molecule has 0 aliphatic heterocycles. The van der Waals surface area contributed by atoms with Gasteiger partial charge < -0.3 is 18.9 Å². The van der Waals surface area contributed by atoms with Gasteiger partial charge in [0, 0.05) is 12.5 Å². The molecule has 0 N–H and O–H groups in total. The highest BCUT2D eigenvalue weighted by Gasteiger charge is 2.29. The standard InChI is InChI=1S/C25H34O7/c1-3-23(26)31-17-7-5-4-6-16-30-21-12-14-22(15-13-21)32-25(28)20-10-8-19(9-11-20)18-24(27)29-2/h3,12-15,19-20H,1,4-11,16-18H2,2H3. The number of methoxy groups -OCH3 is 1. The third kappa shape index (κ3) is 9.54. The molecule has 0 saturated heterocycles. The van der Waals surface area contributed by atoms with Crippen LogP contribution in [0.25, 0.3) is 0 Å². The Balaban J connectivity index is 1.59. The Labute approximate surface area is 190 Å². The number of benzene rings is 1. The Morgan fingerprint density at radius 1 is 0.938 bits per heavy atom. The van der Waals surface area contributed by atoms with E-state index < -0.39 is 0 Å². The molecule has 2 rings (SSSR count). The van der Waals surface area contributed by atoms with Crippen molar-refractivity contribution in [2.24, 2.45) is 11.8 Å². The van der Waals surface area contributed by atoms with E-state index in [1.165, 1.54) is 13.2 Å². The number of carbonyl (C=O) groups is 3. The predicted molar refractivity (Wildman–Crippen MR) is 119 cm³/mol. The number of unbranched alkanes of at least 4 members (excludes halogenated alkanes) is 3. The Kier molecular flexibility index (Phi) is 11.3. The first-order valence-electron chi connectivity index (χ1n) is 11.3. The molecule has 32 heavy (non-hydrogen) atoms. The molecule has 7 nitrogen and oxygen atoms in total. The molecule has 0 heterocycles. The van der Waals surface area contributed by atoms with Gasteiger partial charge in [0.2, 0.25) is 0 Å². The third-order valence-electron chi connectivity index (χ3n) is 5.62. The monoisotopic (exact) mass is 446 g/mol. The summed E-state index contributed by atoms with van der Waals surface area (Å²) in [6.07, 6.45) is 8.42. The second-order valence-electron chi connectivity index (χ2n) is 8.02. The van der Waals surface area contributed by atoms with Crippen LogP contribution in [0, 0.1) is 11.8 Å². The zero-order chi connectivity index (χ0) is 23.2. The summed E-state index contributed by atoms with van der Waals surface area (Å²) in [4.78, 5) is 34.7. The van der Waals surface area contributed by atoms with E-state index in [4.69, 9.17) is 18.9 Å². The lowest BCUT2D eigenvalue weighted by molar-refractivity contribution is -0.142. The van der Waals surface area contributed by atoms with E-state index in [1.54, 1.807) is 24.3 Å². The minimum Gasteiger partial charge on any atom is -0.494 e. The van der Waals surface area contributed by atoms with Crippen LogP contribution in [0.15, 0.2) is 36.9 Å². The van der Waals surface area contributed by atoms with Gasteiger partial charge in [-0.15, -0.1) is 0 Å². The summed E-state index contributed by atoms with van der Waals surface area (Å²) < 4.78 is 20.9. The summed E-state index contributed by atoms with van der Waals surface area (Å²) in [5.74, 6) is 0.614. The van der Waals surface area contributed by atoms with Crippen molar-refractivity contribution in [2.75, 3.05) is 20.3 Å². The van der Waals surface area contributed by atoms with Crippen LogP contribution in [0.5, 0.6) is 11.5 Å². The molecule has 0 unspecified atom stereocenters. The van der Waals surface area contributed by atoms with E-state index in [9.17, 15) is 14.4 Å². The highest BCUT2D eigenvalue weighted by Crippen LogP contribution is 2.32. The average molecular weight is 447 g/mol. The van der Waals surface area contributed by atoms with E-state index >= 15 is 0 Å². The van der Waals surface area contributed by atoms with E-state index in [-0.39, 0.29) is 29.7 Å². The van der Waals surface area contributed by atoms with Crippen molar-refractivity contribution in [2.45, 2.75) is 57.8 Å². The molecule has 0 atom stereocenters. The highest BCUT2D eigenvalue weighted by molar-refractivity contribution is 5.81. The summed E-state index contributed by atoms with van der Waals surface area (Å²) >= 11 is 0. The largest absolute Gasteiger partial charge is 0.494 e. The molecular formula is C25H34O7. The number of carbonyl (C=O) groups excluding carboxylic acids is 3. The SMILES string of the molecule is C=CC(=O)OCCCCCCOc1ccc(OC(=O)C2CCC(CC(=O)OC)CC2)cc1. The molecule has 1 aromatic carbocycles. The van der Waals surface area contributed by atoms with Gasteiger partial charge in [0.1, 0.15) is 11.5 Å². The van der Waals surface area contributed by atoms with Gasteiger partial charge in [-0.25, -0.2) is 4.79 Å². The zero-order valence-electron chi connectivity index (χ0n) is 18.9. The van der Waals surface area contributed by atoms with E-state index in [0.717, 1.165) is 57.1 Å². The maximum Gasteiger partial charge on any atom is 0.330 e. The van der Waals surface area contributed by atoms with Crippen molar-refractivity contribution in [3.63, 3.8) is 0 Å². The summed E-state index contributed by atoms with van der Waals surface area (Å²) in [6, 6.07) is 7.07. The second kappa shape index (κ2) is 14.3. The van der Waals surface area contributed by atoms with Crippen LogP contribution in [-0.4, -0.2) is 38.2 Å². The van der Waals surface area contributed by atoms with Gasteiger partial charge >= 0.3 is 17.9 Å². The molecule has 0 bridgehead atoms. The first-order valence-corrected chi connectivity index (χ1v) is 11.3. The van der Waals surface area contributed by atoms with Crippen LogP contribution >= 0.6 is 0 Å². The minimum absolute atomic E-state index is 0.125. The Morgan fingerprint density at radius 3 is 2.19 bits per heavy atom. The fourth-order valence-corrected chi connectivity index (χ4v) is 3.70. The Bertz CT molecular complexity index is 733. The number of hydrogen-bond acceptors (Lipinski definition) is 7. The van der Waals surface area contributed by atoms with Crippen molar-refractivity contribution in [3.05, 3.63) is 36.9 Å². The van der Waals surface area contributed by atoms with Crippen molar-refractivity contribution in [1.29, 1.82) is 0 Å². The van der Waals surface area contributed by atoms with Gasteiger partial charge in [0.05, 0.1) is 26.2 Å². The summed E-state index contributed by atoms with van der Waals surface area (Å²) in [7, 11) is 1.40. The smallest absolute Gasteiger partial charge is 0.330 e. The minimum atomic E-state index is -0.384. The molecule has 1 aliphatic rings. The van der Waals surface area contributed by atoms with E-state index in [2.05, 4.69) is 6.58 Å². The molecule has 1 aromatic rings. The topological polar surface area (TPSA) is 88.1 Å². The van der Waals surface area contributed by atoms with Crippen LogP contribution in [0.2, 0.25) is 0 Å². The van der Waals surface area contributed by atoms with Gasteiger partial charge in [0.15, 0.2) is 0 Å². The second-order valence-corrected chi connectivity index (χ2v) is 8.02. The van der Waals surface area contributed by atoms with Gasteiger partial charge in [-0.1, -0.05) is 6.58 Å². The summed E-state index contributed by atoms with van der Waals surface area (Å²) in [6.45, 7) is 4.37. The maximum atomic E-state index is 12.4. The van der Waals surface area contributed by atoms with Crippen molar-refractivity contribution in [1.82, 2.24) is 0 Å². The van der Waals surface area contributed by atoms with Crippen LogP contribution in [-0.2, 0) is 23.9 Å². The van der Waals surface area contributed by atoms with Crippen molar-refractivity contribution >= 4 is 17.9 Å². The Morgan fingerprint density at radius 2 is 1.56 bits per heavy atom. The first-order chi connectivity index (χ1) is 15.5. The fraction of sp³-hybridized carbons (Fsp3) is 0.560. The van der Waals surface area contributed by atoms with Crippen molar-refractivity contribution in [3.8, 4) is 11.5 Å². The van der Waals surface area contributed by atoms with Gasteiger partial charge in [-0.05, 0) is 81.5 Å². The molecular weight excluding hydrogens is 412 g/mol. The zero-order valence-corrected chi connectivity index (χ0v) is 18.9. The lowest BCUT2D eigenvalue weighted by Crippen LogP contribution is -2.26. The molecule has 0 aromatic heterocycles. The van der Waals surface area contributed by atoms with Gasteiger partial charge in [-0.2, -0.15) is 0 Å². The molecule has 0 radical (unpaired) electrons. The molecule has 0 spiro atoms. The van der Waals surface area contributed by atoms with Crippen LogP contribution in [0.1, 0.15) is 57.8 Å². The number of ether oxygens (including phenoxy) is 4. The number of rotatable bonds is 13. The molecule has 176 valence electrons. The molecule has 7 heteroatoms. The summed E-state index contributed by atoms with van der Waals surface area (Å²) in [5.41, 5.74) is 0. The number of hydrogen-bond donors (Lipinski definition) is 0. The number of esters is 3. The predicted octanol–water partition coefficient (Wildman–Crippen LogP) is 4.63. The van der Waals surface area contributed by atoms with Crippen LogP contribution in [0.3, 0.4) is 0 Å². The lowest BCUT2D eigenvalue weighted by atomic mass is 9.80. The Hall–Kier alpha value is -2.83. The highest BCUT2D eigenvalue weighted by atomic mass is 16.5. The molecule has 1 saturated carbocycles. The first kappa shape index (κ1) is 25.4. The summed E-state index contributed by atoms with van der Waals surface area (Å²) in [5, 5.41) is 0. The molecule has 1 aliphatic carbocycles. The fourth-order valence-electron chi connectivity index (χ4n) is 3.70. The molecule has 0 amide bonds. The molecule has 1 fully saturated rings. The normalized spacial score (nSPS) is 17.8. The average Bonchev–Trinajstić information content (AvgIpc) is 2.81. The van der Waals surface area contributed by atoms with Crippen molar-refractivity contribution < 1.29 is 33.3 Å². The van der Waals surface area contributed by atoms with Crippen LogP contribution in [0.4, 0.5) is 0 Å². The maximum absolute atomic E-state index is 12.4. The van der Waals surface area contributed by atoms with Crippen LogP contribution < -0.4 is 9.47 Å². The lowest BCUT2D eigenvalue weighted by Gasteiger charge is -2.26.